The van der Waals surface area contributed by atoms with Gasteiger partial charge in [0.2, 0.25) is 0 Å². The van der Waals surface area contributed by atoms with Crippen molar-refractivity contribution < 1.29 is 9.90 Å². The molecule has 3 N–H and O–H groups in total. The normalized spacial score (nSPS) is 14.0. The number of carbonyl (C=O) groups is 1. The van der Waals surface area contributed by atoms with Crippen LogP contribution in [-0.4, -0.2) is 11.1 Å². The molecular weight excluding hydrogens is 266 g/mol. The van der Waals surface area contributed by atoms with Crippen LogP contribution in [0, 0.1) is 5.41 Å². The summed E-state index contributed by atoms with van der Waals surface area (Å²) in [7, 11) is 0. The number of hydrogen-bond acceptors (Lipinski definition) is 3. The SMILES string of the molecule is CC(C)(C(=O)O)C(N)c1ccc(Br)s1. The molecule has 0 aliphatic carbocycles. The van der Waals surface area contributed by atoms with Gasteiger partial charge in [0.05, 0.1) is 15.2 Å². The highest BCUT2D eigenvalue weighted by Crippen LogP contribution is 2.36. The van der Waals surface area contributed by atoms with E-state index in [4.69, 9.17) is 10.8 Å². The predicted molar refractivity (Wildman–Crippen MR) is 60.4 cm³/mol. The lowest BCUT2D eigenvalue weighted by atomic mass is 9.84. The van der Waals surface area contributed by atoms with Gasteiger partial charge in [-0.25, -0.2) is 0 Å². The molecule has 0 fully saturated rings. The Balaban J connectivity index is 2.95. The van der Waals surface area contributed by atoms with E-state index in [1.54, 1.807) is 13.8 Å². The molecule has 1 unspecified atom stereocenters. The average molecular weight is 278 g/mol. The molecule has 1 atom stereocenters. The zero-order valence-corrected chi connectivity index (χ0v) is 10.4. The first-order valence-electron chi connectivity index (χ1n) is 4.10. The quantitative estimate of drug-likeness (QED) is 0.893. The van der Waals surface area contributed by atoms with Crippen molar-refractivity contribution in [3.05, 3.63) is 20.8 Å². The molecule has 1 rings (SSSR count). The van der Waals surface area contributed by atoms with Crippen LogP contribution in [0.3, 0.4) is 0 Å². The summed E-state index contributed by atoms with van der Waals surface area (Å²) in [4.78, 5) is 11.8. The molecule has 1 aromatic rings. The smallest absolute Gasteiger partial charge is 0.311 e. The lowest BCUT2D eigenvalue weighted by Crippen LogP contribution is -2.35. The first-order valence-corrected chi connectivity index (χ1v) is 5.71. The van der Waals surface area contributed by atoms with Gasteiger partial charge in [-0.2, -0.15) is 0 Å². The van der Waals surface area contributed by atoms with Crippen LogP contribution in [0.1, 0.15) is 24.8 Å². The van der Waals surface area contributed by atoms with E-state index in [1.165, 1.54) is 11.3 Å². The number of carboxylic acid groups (broad SMARTS) is 1. The Labute approximate surface area is 95.1 Å². The second-order valence-electron chi connectivity index (χ2n) is 3.65. The van der Waals surface area contributed by atoms with Gasteiger partial charge >= 0.3 is 5.97 Å². The van der Waals surface area contributed by atoms with Gasteiger partial charge in [0.1, 0.15) is 0 Å². The minimum atomic E-state index is -0.940. The summed E-state index contributed by atoms with van der Waals surface area (Å²) >= 11 is 4.79. The summed E-state index contributed by atoms with van der Waals surface area (Å²) in [5, 5.41) is 8.99. The van der Waals surface area contributed by atoms with Gasteiger partial charge in [-0.3, -0.25) is 4.79 Å². The molecule has 1 aromatic heterocycles. The van der Waals surface area contributed by atoms with Gasteiger partial charge in [0.25, 0.3) is 0 Å². The monoisotopic (exact) mass is 277 g/mol. The van der Waals surface area contributed by atoms with Crippen LogP contribution in [0.2, 0.25) is 0 Å². The average Bonchev–Trinajstić information content (AvgIpc) is 2.50. The van der Waals surface area contributed by atoms with Crippen LogP contribution in [0.25, 0.3) is 0 Å². The van der Waals surface area contributed by atoms with E-state index < -0.39 is 17.4 Å². The van der Waals surface area contributed by atoms with Gasteiger partial charge in [0.15, 0.2) is 0 Å². The largest absolute Gasteiger partial charge is 0.481 e. The number of rotatable bonds is 3. The van der Waals surface area contributed by atoms with Crippen LogP contribution in [0.15, 0.2) is 15.9 Å². The van der Waals surface area contributed by atoms with Gasteiger partial charge in [-0.05, 0) is 41.9 Å². The molecule has 3 nitrogen and oxygen atoms in total. The maximum atomic E-state index is 11.0. The lowest BCUT2D eigenvalue weighted by molar-refractivity contribution is -0.148. The molecule has 5 heteroatoms. The summed E-state index contributed by atoms with van der Waals surface area (Å²) in [6, 6.07) is 3.25. The Morgan fingerprint density at radius 1 is 1.64 bits per heavy atom. The fourth-order valence-corrected chi connectivity index (χ4v) is 2.60. The third kappa shape index (κ3) is 2.16. The maximum absolute atomic E-state index is 11.0. The van der Waals surface area contributed by atoms with Crippen LogP contribution >= 0.6 is 27.3 Å². The lowest BCUT2D eigenvalue weighted by Gasteiger charge is -2.25. The van der Waals surface area contributed by atoms with Gasteiger partial charge in [-0.15, -0.1) is 11.3 Å². The minimum absolute atomic E-state index is 0.476. The number of hydrogen-bond donors (Lipinski definition) is 2. The van der Waals surface area contributed by atoms with Crippen LogP contribution in [0.4, 0.5) is 0 Å². The summed E-state index contributed by atoms with van der Waals surface area (Å²) in [5.74, 6) is -0.880. The van der Waals surface area contributed by atoms with Crippen molar-refractivity contribution in [2.24, 2.45) is 11.1 Å². The van der Waals surface area contributed by atoms with Crippen molar-refractivity contribution in [3.63, 3.8) is 0 Å². The number of aliphatic carboxylic acids is 1. The molecule has 0 saturated heterocycles. The Bertz CT molecular complexity index is 348. The molecule has 0 aliphatic heterocycles. The second-order valence-corrected chi connectivity index (χ2v) is 6.14. The third-order valence-corrected chi connectivity index (χ3v) is 3.94. The molecule has 14 heavy (non-hydrogen) atoms. The second kappa shape index (κ2) is 4.00. The maximum Gasteiger partial charge on any atom is 0.311 e. The van der Waals surface area contributed by atoms with Gasteiger partial charge in [-0.1, -0.05) is 0 Å². The number of halogens is 1. The highest BCUT2D eigenvalue weighted by atomic mass is 79.9. The fraction of sp³-hybridized carbons (Fsp3) is 0.444. The highest BCUT2D eigenvalue weighted by Gasteiger charge is 2.36. The Morgan fingerprint density at radius 3 is 2.57 bits per heavy atom. The summed E-state index contributed by atoms with van der Waals surface area (Å²) in [6.45, 7) is 3.27. The zero-order valence-electron chi connectivity index (χ0n) is 7.95. The van der Waals surface area contributed by atoms with Crippen molar-refractivity contribution in [3.8, 4) is 0 Å². The minimum Gasteiger partial charge on any atom is -0.481 e. The molecule has 0 aromatic carbocycles. The molecule has 0 spiro atoms. The molecule has 0 radical (unpaired) electrons. The molecule has 0 amide bonds. The van der Waals surface area contributed by atoms with E-state index in [1.807, 2.05) is 12.1 Å². The van der Waals surface area contributed by atoms with E-state index >= 15 is 0 Å². The summed E-state index contributed by atoms with van der Waals surface area (Å²) < 4.78 is 0.962. The highest BCUT2D eigenvalue weighted by molar-refractivity contribution is 9.11. The molecule has 0 saturated carbocycles. The number of carboxylic acids is 1. The fourth-order valence-electron chi connectivity index (χ4n) is 0.984. The van der Waals surface area contributed by atoms with E-state index in [0.717, 1.165) is 8.66 Å². The first-order chi connectivity index (χ1) is 6.35. The molecule has 0 aliphatic rings. The number of thiophene rings is 1. The van der Waals surface area contributed by atoms with E-state index in [-0.39, 0.29) is 0 Å². The first kappa shape index (κ1) is 11.7. The Morgan fingerprint density at radius 2 is 2.21 bits per heavy atom. The standard InChI is InChI=1S/C9H12BrNO2S/c1-9(2,8(12)13)7(11)5-3-4-6(10)14-5/h3-4,7H,11H2,1-2H3,(H,12,13). The van der Waals surface area contributed by atoms with Gasteiger partial charge in [0, 0.05) is 4.88 Å². The zero-order chi connectivity index (χ0) is 10.9. The molecule has 78 valence electrons. The van der Waals surface area contributed by atoms with Crippen molar-refractivity contribution >= 4 is 33.2 Å². The van der Waals surface area contributed by atoms with E-state index in [0.29, 0.717) is 0 Å². The summed E-state index contributed by atoms with van der Waals surface area (Å²) in [5.41, 5.74) is 4.96. The van der Waals surface area contributed by atoms with E-state index in [9.17, 15) is 4.79 Å². The van der Waals surface area contributed by atoms with Crippen molar-refractivity contribution in [1.82, 2.24) is 0 Å². The Kier molecular flexibility index (Phi) is 3.34. The van der Waals surface area contributed by atoms with Gasteiger partial charge < -0.3 is 10.8 Å². The summed E-state index contributed by atoms with van der Waals surface area (Å²) in [6.07, 6.45) is 0. The topological polar surface area (TPSA) is 63.3 Å². The molecule has 0 bridgehead atoms. The Hall–Kier alpha value is -0.390. The van der Waals surface area contributed by atoms with Crippen molar-refractivity contribution in [1.29, 1.82) is 0 Å². The van der Waals surface area contributed by atoms with Crippen LogP contribution in [-0.2, 0) is 4.79 Å². The molecular formula is C9H12BrNO2S. The van der Waals surface area contributed by atoms with Crippen LogP contribution in [0.5, 0.6) is 0 Å². The number of nitrogens with two attached hydrogens (primary N) is 1. The third-order valence-electron chi connectivity index (χ3n) is 2.23. The van der Waals surface area contributed by atoms with Crippen molar-refractivity contribution in [2.75, 3.05) is 0 Å². The predicted octanol–water partition coefficient (Wildman–Crippen LogP) is 2.62. The van der Waals surface area contributed by atoms with Crippen molar-refractivity contribution in [2.45, 2.75) is 19.9 Å². The van der Waals surface area contributed by atoms with E-state index in [2.05, 4.69) is 15.9 Å². The van der Waals surface area contributed by atoms with Crippen LogP contribution < -0.4 is 5.73 Å². The molecule has 1 heterocycles.